The summed E-state index contributed by atoms with van der Waals surface area (Å²) in [7, 11) is 1.56. The maximum absolute atomic E-state index is 14.2. The Balaban J connectivity index is 1.66. The summed E-state index contributed by atoms with van der Waals surface area (Å²) in [4.78, 5) is 43.9. The van der Waals surface area contributed by atoms with Crippen molar-refractivity contribution in [2.24, 2.45) is 17.3 Å². The lowest BCUT2D eigenvalue weighted by Gasteiger charge is -2.56. The molecule has 2 saturated heterocycles. The highest BCUT2D eigenvalue weighted by Crippen LogP contribution is 2.50. The molecule has 0 aliphatic carbocycles. The van der Waals surface area contributed by atoms with Crippen LogP contribution < -0.4 is 19.9 Å². The molecule has 0 radical (unpaired) electrons. The molecule has 32 heavy (non-hydrogen) atoms. The van der Waals surface area contributed by atoms with Gasteiger partial charge in [-0.1, -0.05) is 32.0 Å². The Morgan fingerprint density at radius 3 is 2.47 bits per heavy atom. The maximum atomic E-state index is 14.2. The van der Waals surface area contributed by atoms with Gasteiger partial charge in [0.1, 0.15) is 5.75 Å². The quantitative estimate of drug-likeness (QED) is 0.735. The molecule has 0 unspecified atom stereocenters. The minimum Gasteiger partial charge on any atom is -0.497 e. The first kappa shape index (κ1) is 20.5. The number of carbonyl (C=O) groups excluding carboxylic acids is 3. The Hall–Kier alpha value is -3.35. The second-order valence-electron chi connectivity index (χ2n) is 9.29. The number of carbonyl (C=O) groups is 3. The zero-order chi connectivity index (χ0) is 22.6. The zero-order valence-electron chi connectivity index (χ0n) is 18.5. The third kappa shape index (κ3) is 2.83. The lowest BCUT2D eigenvalue weighted by molar-refractivity contribution is -0.146. The number of ether oxygens (including phenoxy) is 1. The maximum Gasteiger partial charge on any atom is 0.335 e. The predicted octanol–water partition coefficient (Wildman–Crippen LogP) is 3.37. The van der Waals surface area contributed by atoms with Crippen LogP contribution in [-0.4, -0.2) is 37.5 Å². The van der Waals surface area contributed by atoms with E-state index < -0.39 is 23.3 Å². The number of hydrogen-bond donors (Lipinski definition) is 1. The van der Waals surface area contributed by atoms with Crippen molar-refractivity contribution in [2.45, 2.75) is 32.7 Å². The van der Waals surface area contributed by atoms with E-state index in [9.17, 15) is 14.4 Å². The number of barbiturate groups is 1. The van der Waals surface area contributed by atoms with Crippen LogP contribution in [0, 0.1) is 17.3 Å². The number of fused-ring (bicyclic) bond motifs is 4. The number of para-hydroxylation sites is 1. The topological polar surface area (TPSA) is 79.0 Å². The largest absolute Gasteiger partial charge is 0.497 e. The lowest BCUT2D eigenvalue weighted by Crippen LogP contribution is -2.74. The molecule has 166 valence electrons. The van der Waals surface area contributed by atoms with Crippen LogP contribution in [0.25, 0.3) is 0 Å². The Kier molecular flexibility index (Phi) is 4.73. The molecule has 4 atom stereocenters. The third-order valence-electron chi connectivity index (χ3n) is 7.18. The predicted molar refractivity (Wildman–Crippen MR) is 121 cm³/mol. The van der Waals surface area contributed by atoms with E-state index in [-0.39, 0.29) is 18.4 Å². The molecule has 3 aliphatic heterocycles. The standard InChI is InChI=1S/C25H27N3O4/c1-15-12-16(2)21-25(13-17-6-4-5-7-20(17)27(21)14-15)22(29)26-24(31)28(23(25)30)18-8-10-19(32-3)11-9-18/h4-11,15-16,21H,12-14H2,1-3H3,(H,26,29,31)/t15-,16+,21+,25-/m0/s1. The number of benzene rings is 2. The molecule has 2 aromatic carbocycles. The molecular formula is C25H27N3O4. The van der Waals surface area contributed by atoms with Gasteiger partial charge in [0.05, 0.1) is 18.8 Å². The molecule has 7 nitrogen and oxygen atoms in total. The number of urea groups is 1. The van der Waals surface area contributed by atoms with Crippen LogP contribution in [-0.2, 0) is 16.0 Å². The monoisotopic (exact) mass is 433 g/mol. The molecule has 5 rings (SSSR count). The fourth-order valence-corrected chi connectivity index (χ4v) is 5.98. The Morgan fingerprint density at radius 2 is 1.75 bits per heavy atom. The molecule has 1 N–H and O–H groups in total. The van der Waals surface area contributed by atoms with E-state index in [4.69, 9.17) is 4.74 Å². The van der Waals surface area contributed by atoms with Crippen molar-refractivity contribution >= 4 is 29.2 Å². The van der Waals surface area contributed by atoms with Crippen molar-refractivity contribution in [1.82, 2.24) is 5.32 Å². The molecule has 3 heterocycles. The third-order valence-corrected chi connectivity index (χ3v) is 7.18. The highest BCUT2D eigenvalue weighted by molar-refractivity contribution is 6.30. The SMILES string of the molecule is COc1ccc(N2C(=O)NC(=O)[C@@]3(Cc4ccccc4N4C[C@@H](C)C[C@@H](C)[C@@H]43)C2=O)cc1. The fourth-order valence-electron chi connectivity index (χ4n) is 5.98. The van der Waals surface area contributed by atoms with E-state index in [0.717, 1.165) is 29.1 Å². The van der Waals surface area contributed by atoms with Crippen molar-refractivity contribution < 1.29 is 19.1 Å². The van der Waals surface area contributed by atoms with E-state index in [1.807, 2.05) is 18.2 Å². The molecule has 0 aromatic heterocycles. The molecule has 3 aliphatic rings. The van der Waals surface area contributed by atoms with Crippen LogP contribution in [0.15, 0.2) is 48.5 Å². The van der Waals surface area contributed by atoms with Gasteiger partial charge in [-0.15, -0.1) is 0 Å². The van der Waals surface area contributed by atoms with E-state index >= 15 is 0 Å². The summed E-state index contributed by atoms with van der Waals surface area (Å²) in [5.41, 5.74) is 1.08. The van der Waals surface area contributed by atoms with Crippen LogP contribution >= 0.6 is 0 Å². The lowest BCUT2D eigenvalue weighted by atomic mass is 9.62. The second kappa shape index (κ2) is 7.36. The van der Waals surface area contributed by atoms with Crippen LogP contribution in [0.2, 0.25) is 0 Å². The van der Waals surface area contributed by atoms with E-state index in [1.54, 1.807) is 31.4 Å². The first-order valence-corrected chi connectivity index (χ1v) is 11.1. The summed E-state index contributed by atoms with van der Waals surface area (Å²) in [6, 6.07) is 13.7. The van der Waals surface area contributed by atoms with Gasteiger partial charge in [0, 0.05) is 12.2 Å². The number of hydrogen-bond acceptors (Lipinski definition) is 5. The number of nitrogens with one attached hydrogen (secondary N) is 1. The van der Waals surface area contributed by atoms with Gasteiger partial charge >= 0.3 is 6.03 Å². The molecule has 4 amide bonds. The van der Waals surface area contributed by atoms with Gasteiger partial charge in [-0.3, -0.25) is 14.9 Å². The number of piperidine rings is 1. The van der Waals surface area contributed by atoms with Gasteiger partial charge in [0.25, 0.3) is 5.91 Å². The molecule has 2 aromatic rings. The summed E-state index contributed by atoms with van der Waals surface area (Å²) in [6.07, 6.45) is 1.19. The number of amides is 4. The Bertz CT molecular complexity index is 1100. The van der Waals surface area contributed by atoms with Crippen molar-refractivity contribution in [3.8, 4) is 5.75 Å². The van der Waals surface area contributed by atoms with Crippen molar-refractivity contribution in [3.05, 3.63) is 54.1 Å². The van der Waals surface area contributed by atoms with Crippen molar-refractivity contribution in [1.29, 1.82) is 0 Å². The van der Waals surface area contributed by atoms with Gasteiger partial charge in [-0.05, 0) is 60.6 Å². The zero-order valence-corrected chi connectivity index (χ0v) is 18.5. The second-order valence-corrected chi connectivity index (χ2v) is 9.29. The Labute approximate surface area is 187 Å². The molecule has 1 spiro atoms. The first-order chi connectivity index (χ1) is 15.4. The molecule has 7 heteroatoms. The average Bonchev–Trinajstić information content (AvgIpc) is 2.77. The van der Waals surface area contributed by atoms with Gasteiger partial charge in [-0.2, -0.15) is 0 Å². The fraction of sp³-hybridized carbons (Fsp3) is 0.400. The number of nitrogens with zero attached hydrogens (tertiary/aromatic N) is 2. The van der Waals surface area contributed by atoms with Crippen LogP contribution in [0.4, 0.5) is 16.2 Å². The van der Waals surface area contributed by atoms with Gasteiger partial charge in [-0.25, -0.2) is 9.69 Å². The molecule has 0 saturated carbocycles. The summed E-state index contributed by atoms with van der Waals surface area (Å²) in [5, 5.41) is 2.51. The minimum absolute atomic E-state index is 0.104. The first-order valence-electron chi connectivity index (χ1n) is 11.1. The van der Waals surface area contributed by atoms with Crippen LogP contribution in [0.3, 0.4) is 0 Å². The van der Waals surface area contributed by atoms with E-state index in [2.05, 4.69) is 30.1 Å². The van der Waals surface area contributed by atoms with Crippen molar-refractivity contribution in [3.63, 3.8) is 0 Å². The highest BCUT2D eigenvalue weighted by atomic mass is 16.5. The smallest absolute Gasteiger partial charge is 0.335 e. The van der Waals surface area contributed by atoms with Gasteiger partial charge in [0.2, 0.25) is 5.91 Å². The number of rotatable bonds is 2. The van der Waals surface area contributed by atoms with Crippen LogP contribution in [0.5, 0.6) is 5.75 Å². The van der Waals surface area contributed by atoms with E-state index in [0.29, 0.717) is 17.4 Å². The highest BCUT2D eigenvalue weighted by Gasteiger charge is 2.64. The summed E-state index contributed by atoms with van der Waals surface area (Å²) >= 11 is 0. The van der Waals surface area contributed by atoms with E-state index in [1.165, 1.54) is 0 Å². The number of anilines is 2. The Morgan fingerprint density at radius 1 is 1.03 bits per heavy atom. The molecular weight excluding hydrogens is 406 g/mol. The average molecular weight is 434 g/mol. The summed E-state index contributed by atoms with van der Waals surface area (Å²) in [6.45, 7) is 5.08. The molecule has 2 fully saturated rings. The van der Waals surface area contributed by atoms with Gasteiger partial charge < -0.3 is 9.64 Å². The number of imide groups is 2. The minimum atomic E-state index is -1.37. The number of methoxy groups -OCH3 is 1. The normalized spacial score (nSPS) is 29.5. The van der Waals surface area contributed by atoms with Crippen molar-refractivity contribution in [2.75, 3.05) is 23.5 Å². The summed E-state index contributed by atoms with van der Waals surface area (Å²) < 4.78 is 5.21. The van der Waals surface area contributed by atoms with Gasteiger partial charge in [0.15, 0.2) is 5.41 Å². The van der Waals surface area contributed by atoms with Crippen LogP contribution in [0.1, 0.15) is 25.8 Å². The molecule has 0 bridgehead atoms. The summed E-state index contributed by atoms with van der Waals surface area (Å²) in [5.74, 6) is 0.209.